The summed E-state index contributed by atoms with van der Waals surface area (Å²) in [5.74, 6) is 0.590. The van der Waals surface area contributed by atoms with Gasteiger partial charge in [0.2, 0.25) is 0 Å². The molecule has 0 aliphatic rings. The molecule has 1 aromatic rings. The summed E-state index contributed by atoms with van der Waals surface area (Å²) in [5, 5.41) is 3.24. The molecule has 11 heavy (non-hydrogen) atoms. The summed E-state index contributed by atoms with van der Waals surface area (Å²) in [5.41, 5.74) is 5.95. The highest BCUT2D eigenvalue weighted by Crippen LogP contribution is 2.21. The fourth-order valence-electron chi connectivity index (χ4n) is 0.682. The van der Waals surface area contributed by atoms with Crippen molar-refractivity contribution < 1.29 is 0 Å². The minimum absolute atomic E-state index is 0.288. The number of nitrogens with two attached hydrogens (primary N) is 1. The summed E-state index contributed by atoms with van der Waals surface area (Å²) in [6, 6.07) is 0. The van der Waals surface area contributed by atoms with Gasteiger partial charge in [-0.1, -0.05) is 11.6 Å². The second-order valence-corrected chi connectivity index (χ2v) is 2.32. The lowest BCUT2D eigenvalue weighted by Crippen LogP contribution is -2.04. The molecule has 0 fully saturated rings. The molecule has 0 aromatic carbocycles. The molecular formula is C6H9ClN4. The molecule has 0 atom stereocenters. The van der Waals surface area contributed by atoms with Gasteiger partial charge in [-0.25, -0.2) is 9.97 Å². The Morgan fingerprint density at radius 3 is 3.00 bits per heavy atom. The fourth-order valence-corrected chi connectivity index (χ4v) is 0.816. The number of nitrogens with one attached hydrogen (secondary N) is 1. The average Bonchev–Trinajstić information content (AvgIpc) is 1.99. The Kier molecular flexibility index (Phi) is 2.48. The molecule has 60 valence electrons. The molecule has 0 saturated heterocycles. The van der Waals surface area contributed by atoms with Crippen LogP contribution >= 0.6 is 11.6 Å². The van der Waals surface area contributed by atoms with Crippen LogP contribution in [0.3, 0.4) is 0 Å². The molecule has 0 amide bonds. The minimum atomic E-state index is 0.288. The summed E-state index contributed by atoms with van der Waals surface area (Å²) in [6.07, 6.45) is 1.37. The van der Waals surface area contributed by atoms with Crippen molar-refractivity contribution in [3.63, 3.8) is 0 Å². The van der Waals surface area contributed by atoms with Gasteiger partial charge in [-0.2, -0.15) is 0 Å². The minimum Gasteiger partial charge on any atom is -0.393 e. The molecule has 0 radical (unpaired) electrons. The Morgan fingerprint density at radius 1 is 1.64 bits per heavy atom. The number of hydrogen-bond donors (Lipinski definition) is 2. The van der Waals surface area contributed by atoms with E-state index in [9.17, 15) is 0 Å². The zero-order valence-electron chi connectivity index (χ0n) is 6.13. The third kappa shape index (κ3) is 1.71. The smallest absolute Gasteiger partial charge is 0.157 e. The monoisotopic (exact) mass is 172 g/mol. The van der Waals surface area contributed by atoms with Crippen LogP contribution in [0, 0.1) is 0 Å². The average molecular weight is 173 g/mol. The Labute approximate surface area is 69.8 Å². The maximum absolute atomic E-state index is 5.63. The van der Waals surface area contributed by atoms with Gasteiger partial charge in [-0.15, -0.1) is 0 Å². The van der Waals surface area contributed by atoms with E-state index in [1.54, 1.807) is 0 Å². The number of nitrogens with zero attached hydrogens (tertiary/aromatic N) is 2. The van der Waals surface area contributed by atoms with Crippen molar-refractivity contribution in [2.45, 2.75) is 6.92 Å². The summed E-state index contributed by atoms with van der Waals surface area (Å²) < 4.78 is 0. The van der Waals surface area contributed by atoms with Gasteiger partial charge in [0.1, 0.15) is 12.0 Å². The SMILES string of the molecule is CCNc1ncnc(Cl)c1N. The lowest BCUT2D eigenvalue weighted by Gasteiger charge is -2.04. The Balaban J connectivity index is 2.96. The largest absolute Gasteiger partial charge is 0.393 e. The summed E-state index contributed by atoms with van der Waals surface area (Å²) in [6.45, 7) is 2.72. The zero-order valence-corrected chi connectivity index (χ0v) is 6.89. The lowest BCUT2D eigenvalue weighted by molar-refractivity contribution is 1.11. The maximum Gasteiger partial charge on any atom is 0.157 e. The Bertz CT molecular complexity index is 250. The van der Waals surface area contributed by atoms with Crippen LogP contribution in [0.1, 0.15) is 6.92 Å². The molecule has 0 spiro atoms. The van der Waals surface area contributed by atoms with Gasteiger partial charge in [0.25, 0.3) is 0 Å². The first-order chi connectivity index (χ1) is 5.25. The number of hydrogen-bond acceptors (Lipinski definition) is 4. The first kappa shape index (κ1) is 8.07. The van der Waals surface area contributed by atoms with Crippen molar-refractivity contribution in [3.8, 4) is 0 Å². The predicted octanol–water partition coefficient (Wildman–Crippen LogP) is 1.14. The van der Waals surface area contributed by atoms with E-state index in [0.717, 1.165) is 6.54 Å². The van der Waals surface area contributed by atoms with Crippen LogP contribution < -0.4 is 11.1 Å². The number of aromatic nitrogens is 2. The van der Waals surface area contributed by atoms with Crippen molar-refractivity contribution >= 4 is 23.1 Å². The number of halogens is 1. The molecule has 1 heterocycles. The van der Waals surface area contributed by atoms with E-state index in [0.29, 0.717) is 11.5 Å². The van der Waals surface area contributed by atoms with E-state index in [-0.39, 0.29) is 5.15 Å². The van der Waals surface area contributed by atoms with Crippen LogP contribution in [-0.4, -0.2) is 16.5 Å². The molecule has 5 heteroatoms. The van der Waals surface area contributed by atoms with E-state index in [1.165, 1.54) is 6.33 Å². The molecule has 0 bridgehead atoms. The quantitative estimate of drug-likeness (QED) is 0.657. The van der Waals surface area contributed by atoms with Crippen molar-refractivity contribution in [1.29, 1.82) is 0 Å². The first-order valence-corrected chi connectivity index (χ1v) is 3.63. The van der Waals surface area contributed by atoms with Crippen molar-refractivity contribution in [2.75, 3.05) is 17.6 Å². The van der Waals surface area contributed by atoms with E-state index in [2.05, 4.69) is 15.3 Å². The second kappa shape index (κ2) is 3.39. The van der Waals surface area contributed by atoms with Gasteiger partial charge in [0.05, 0.1) is 0 Å². The molecule has 0 aliphatic heterocycles. The van der Waals surface area contributed by atoms with Crippen molar-refractivity contribution in [1.82, 2.24) is 9.97 Å². The molecule has 1 rings (SSSR count). The van der Waals surface area contributed by atoms with Crippen LogP contribution in [0.15, 0.2) is 6.33 Å². The highest BCUT2D eigenvalue weighted by molar-refractivity contribution is 6.32. The maximum atomic E-state index is 5.63. The molecule has 3 N–H and O–H groups in total. The second-order valence-electron chi connectivity index (χ2n) is 1.96. The Hall–Kier alpha value is -1.03. The van der Waals surface area contributed by atoms with E-state index in [4.69, 9.17) is 17.3 Å². The van der Waals surface area contributed by atoms with Crippen LogP contribution in [-0.2, 0) is 0 Å². The van der Waals surface area contributed by atoms with Crippen molar-refractivity contribution in [3.05, 3.63) is 11.5 Å². The lowest BCUT2D eigenvalue weighted by atomic mass is 10.5. The van der Waals surface area contributed by atoms with Gasteiger partial charge < -0.3 is 11.1 Å². The van der Waals surface area contributed by atoms with E-state index < -0.39 is 0 Å². The van der Waals surface area contributed by atoms with Gasteiger partial charge in [0.15, 0.2) is 11.0 Å². The summed E-state index contributed by atoms with van der Waals surface area (Å²) in [7, 11) is 0. The fraction of sp³-hybridized carbons (Fsp3) is 0.333. The van der Waals surface area contributed by atoms with Crippen LogP contribution in [0.5, 0.6) is 0 Å². The van der Waals surface area contributed by atoms with Gasteiger partial charge in [0, 0.05) is 6.54 Å². The predicted molar refractivity (Wildman–Crippen MR) is 45.6 cm³/mol. The number of anilines is 2. The third-order valence-corrected chi connectivity index (χ3v) is 1.48. The molecule has 1 aromatic heterocycles. The van der Waals surface area contributed by atoms with E-state index in [1.807, 2.05) is 6.92 Å². The summed E-state index contributed by atoms with van der Waals surface area (Å²) in [4.78, 5) is 7.61. The van der Waals surface area contributed by atoms with Crippen LogP contribution in [0.25, 0.3) is 0 Å². The molecule has 0 aliphatic carbocycles. The van der Waals surface area contributed by atoms with Gasteiger partial charge in [-0.05, 0) is 6.92 Å². The standard InChI is InChI=1S/C6H9ClN4/c1-2-9-6-4(8)5(7)10-3-11-6/h3H,2,8H2,1H3,(H,9,10,11). The van der Waals surface area contributed by atoms with Crippen molar-refractivity contribution in [2.24, 2.45) is 0 Å². The van der Waals surface area contributed by atoms with Gasteiger partial charge >= 0.3 is 0 Å². The van der Waals surface area contributed by atoms with Gasteiger partial charge in [-0.3, -0.25) is 0 Å². The van der Waals surface area contributed by atoms with E-state index >= 15 is 0 Å². The summed E-state index contributed by atoms with van der Waals surface area (Å²) >= 11 is 5.63. The number of rotatable bonds is 2. The first-order valence-electron chi connectivity index (χ1n) is 3.25. The molecular weight excluding hydrogens is 164 g/mol. The normalized spacial score (nSPS) is 9.64. The molecule has 0 unspecified atom stereocenters. The highest BCUT2D eigenvalue weighted by Gasteiger charge is 2.02. The van der Waals surface area contributed by atoms with Crippen LogP contribution in [0.4, 0.5) is 11.5 Å². The highest BCUT2D eigenvalue weighted by atomic mass is 35.5. The zero-order chi connectivity index (χ0) is 8.27. The third-order valence-electron chi connectivity index (χ3n) is 1.18. The molecule has 4 nitrogen and oxygen atoms in total. The Morgan fingerprint density at radius 2 is 2.36 bits per heavy atom. The molecule has 0 saturated carbocycles. The number of nitrogen functional groups attached to an aromatic ring is 1. The van der Waals surface area contributed by atoms with Crippen LogP contribution in [0.2, 0.25) is 5.15 Å². The topological polar surface area (TPSA) is 63.8 Å².